The van der Waals surface area contributed by atoms with Gasteiger partial charge in [0.2, 0.25) is 0 Å². The Morgan fingerprint density at radius 2 is 1.45 bits per heavy atom. The van der Waals surface area contributed by atoms with Crippen LogP contribution in [0.15, 0.2) is 138 Å². The molecule has 0 aliphatic rings. The van der Waals surface area contributed by atoms with Gasteiger partial charge in [-0.05, 0) is 57.6 Å². The Balaban J connectivity index is 0.000000213. The Morgan fingerprint density at radius 3 is 2.11 bits per heavy atom. The Labute approximate surface area is 338 Å². The molecule has 0 unspecified atom stereocenters. The molecule has 0 fully saturated rings. The van der Waals surface area contributed by atoms with Crippen molar-refractivity contribution in [1.29, 1.82) is 0 Å². The van der Waals surface area contributed by atoms with Gasteiger partial charge >= 0.3 is 0 Å². The third-order valence-electron chi connectivity index (χ3n) is 9.12. The van der Waals surface area contributed by atoms with Crippen molar-refractivity contribution in [2.45, 2.75) is 53.1 Å². The maximum Gasteiger partial charge on any atom is 0.121 e. The van der Waals surface area contributed by atoms with Crippen LogP contribution in [0.4, 0.5) is 0 Å². The fourth-order valence-electron chi connectivity index (χ4n) is 6.38. The summed E-state index contributed by atoms with van der Waals surface area (Å²) in [5.41, 5.74) is 9.14. The Hall–Kier alpha value is -4.93. The molecule has 0 aliphatic carbocycles. The van der Waals surface area contributed by atoms with E-state index in [1.54, 1.807) is 24.4 Å². The van der Waals surface area contributed by atoms with Crippen LogP contribution in [0.3, 0.4) is 0 Å². The summed E-state index contributed by atoms with van der Waals surface area (Å²) in [6.45, 7) is 6.09. The van der Waals surface area contributed by atoms with Crippen LogP contribution >= 0.6 is 0 Å². The molecule has 3 aromatic heterocycles. The second-order valence-electron chi connectivity index (χ2n) is 14.1. The van der Waals surface area contributed by atoms with Gasteiger partial charge in [0.1, 0.15) is 5.58 Å². The number of hydrogen-bond donors (Lipinski definition) is 0. The van der Waals surface area contributed by atoms with Gasteiger partial charge < -0.3 is 14.4 Å². The molecule has 0 amide bonds. The van der Waals surface area contributed by atoms with Crippen molar-refractivity contribution >= 4 is 35.2 Å². The minimum absolute atomic E-state index is 0. The molecule has 0 aliphatic heterocycles. The van der Waals surface area contributed by atoms with Gasteiger partial charge in [-0.3, -0.25) is 0 Å². The molecule has 8 aromatic rings. The van der Waals surface area contributed by atoms with Crippen LogP contribution < -0.4 is 5.19 Å². The fourth-order valence-corrected chi connectivity index (χ4v) is 7.96. The van der Waals surface area contributed by atoms with Gasteiger partial charge in [-0.15, -0.1) is 53.6 Å². The molecular formula is C48H44IrN2OSi-2. The van der Waals surface area contributed by atoms with E-state index >= 15 is 0 Å². The van der Waals surface area contributed by atoms with Gasteiger partial charge in [0.05, 0.1) is 13.7 Å². The van der Waals surface area contributed by atoms with Crippen molar-refractivity contribution < 1.29 is 34.1 Å². The minimum atomic E-state index is -2.30. The molecule has 3 nitrogen and oxygen atoms in total. The molecule has 0 atom stereocenters. The van der Waals surface area contributed by atoms with Crippen molar-refractivity contribution in [2.24, 2.45) is 0 Å². The number of aryl methyl sites for hydroxylation is 2. The number of fused-ring (bicyclic) bond motifs is 3. The number of hydrogen-bond acceptors (Lipinski definition) is 3. The second kappa shape index (κ2) is 16.0. The van der Waals surface area contributed by atoms with Crippen LogP contribution in [-0.2, 0) is 20.1 Å². The number of rotatable bonds is 6. The summed E-state index contributed by atoms with van der Waals surface area (Å²) in [5.74, 6) is -0.716. The number of benzene rings is 5. The molecule has 1 radical (unpaired) electrons. The summed E-state index contributed by atoms with van der Waals surface area (Å²) in [6, 6.07) is 44.3. The molecule has 53 heavy (non-hydrogen) atoms. The van der Waals surface area contributed by atoms with Crippen LogP contribution in [0.5, 0.6) is 0 Å². The first kappa shape index (κ1) is 29.5. The molecular weight excluding hydrogens is 841 g/mol. The van der Waals surface area contributed by atoms with E-state index in [0.29, 0.717) is 22.4 Å². The monoisotopic (exact) mass is 892 g/mol. The molecule has 3 heterocycles. The van der Waals surface area contributed by atoms with Gasteiger partial charge in [0, 0.05) is 53.0 Å². The van der Waals surface area contributed by atoms with Crippen LogP contribution in [0, 0.1) is 25.8 Å². The molecule has 0 N–H and O–H groups in total. The maximum absolute atomic E-state index is 8.48. The van der Waals surface area contributed by atoms with E-state index in [1.807, 2.05) is 92.8 Å². The molecule has 8 rings (SSSR count). The largest absolute Gasteiger partial charge is 0.501 e. The predicted molar refractivity (Wildman–Crippen MR) is 222 cm³/mol. The van der Waals surface area contributed by atoms with Gasteiger partial charge in [-0.1, -0.05) is 142 Å². The van der Waals surface area contributed by atoms with E-state index in [9.17, 15) is 0 Å². The molecule has 0 saturated carbocycles. The van der Waals surface area contributed by atoms with Crippen molar-refractivity contribution in [2.75, 3.05) is 0 Å². The zero-order chi connectivity index (χ0) is 42.3. The van der Waals surface area contributed by atoms with E-state index in [-0.39, 0.29) is 31.2 Å². The van der Waals surface area contributed by atoms with Crippen LogP contribution in [-0.4, -0.2) is 18.0 Å². The van der Waals surface area contributed by atoms with Crippen molar-refractivity contribution in [1.82, 2.24) is 9.97 Å². The second-order valence-corrected chi connectivity index (χ2v) is 19.2. The van der Waals surface area contributed by atoms with Crippen LogP contribution in [0.2, 0.25) is 19.6 Å². The van der Waals surface area contributed by atoms with Gasteiger partial charge in [-0.2, -0.15) is 0 Å². The van der Waals surface area contributed by atoms with Crippen molar-refractivity contribution in [3.63, 3.8) is 0 Å². The summed E-state index contributed by atoms with van der Waals surface area (Å²) < 4.78 is 61.6. The smallest absolute Gasteiger partial charge is 0.121 e. The van der Waals surface area contributed by atoms with E-state index in [0.717, 1.165) is 49.9 Å². The van der Waals surface area contributed by atoms with Crippen LogP contribution in [0.1, 0.15) is 46.0 Å². The first-order valence-corrected chi connectivity index (χ1v) is 20.8. The summed E-state index contributed by atoms with van der Waals surface area (Å²) in [4.78, 5) is 9.20. The van der Waals surface area contributed by atoms with Crippen LogP contribution in [0.25, 0.3) is 66.7 Å². The maximum atomic E-state index is 8.48. The Kier molecular flexibility index (Phi) is 8.90. The SMILES string of the molecule is [2H]C([2H])([2H])c1c[c-]c(-c2cc(C([2H])(C)C)c([Si](C)(C)C)cn2)cc1.[2H]C([2H])([2H])c1cc(-c2[c-]ccc3c2oc2cc(-c4ccccc4)ccc23)ncc1-c1ccccc1.[Ir]. The van der Waals surface area contributed by atoms with Gasteiger partial charge in [-0.25, -0.2) is 0 Å². The Morgan fingerprint density at radius 1 is 0.717 bits per heavy atom. The molecule has 267 valence electrons. The quantitative estimate of drug-likeness (QED) is 0.123. The number of furan rings is 1. The first-order valence-electron chi connectivity index (χ1n) is 20.8. The zero-order valence-electron chi connectivity index (χ0n) is 37.3. The normalized spacial score (nSPS) is 13.9. The number of aromatic nitrogens is 2. The van der Waals surface area contributed by atoms with Gasteiger partial charge in [0.25, 0.3) is 0 Å². The van der Waals surface area contributed by atoms with E-state index in [4.69, 9.17) is 14.0 Å². The Bertz CT molecular complexity index is 2760. The van der Waals surface area contributed by atoms with E-state index in [2.05, 4.69) is 66.0 Å². The molecule has 0 spiro atoms. The molecule has 5 aromatic carbocycles. The van der Waals surface area contributed by atoms with E-state index < -0.39 is 27.7 Å². The average molecular weight is 892 g/mol. The number of pyridine rings is 2. The van der Waals surface area contributed by atoms with Gasteiger partial charge in [0.15, 0.2) is 0 Å². The standard InChI is InChI=1S/C30H20NO.C18H24NSi.Ir/c1-20-17-28(31-19-27(20)22-11-6-3-7-12-22)26-14-8-13-25-24-16-15-23(18-29(24)32-30(25)26)21-9-4-2-5-10-21;1-13(2)16-11-17(15-9-7-14(3)8-10-15)19-12-18(16)20(4,5)6;/h2-13,15-19H,1H3;7-9,11-13H,1-6H3;/q2*-1;/i1D3;3D3,13D;. The summed E-state index contributed by atoms with van der Waals surface area (Å²) in [5, 5.41) is 3.12. The summed E-state index contributed by atoms with van der Waals surface area (Å²) in [7, 11) is -1.61. The van der Waals surface area contributed by atoms with Crippen molar-refractivity contribution in [3.8, 4) is 44.8 Å². The third kappa shape index (κ3) is 8.19. The third-order valence-corrected chi connectivity index (χ3v) is 11.1. The summed E-state index contributed by atoms with van der Waals surface area (Å²) >= 11 is 0. The number of nitrogens with zero attached hydrogens (tertiary/aromatic N) is 2. The van der Waals surface area contributed by atoms with E-state index in [1.165, 1.54) is 11.3 Å². The summed E-state index contributed by atoms with van der Waals surface area (Å²) in [6.07, 6.45) is 3.52. The molecule has 0 saturated heterocycles. The first-order chi connectivity index (χ1) is 27.8. The topological polar surface area (TPSA) is 38.9 Å². The predicted octanol–water partition coefficient (Wildman–Crippen LogP) is 12.6. The minimum Gasteiger partial charge on any atom is -0.501 e. The zero-order valence-corrected chi connectivity index (χ0v) is 33.7. The fraction of sp³-hybridized carbons (Fsp3) is 0.167. The average Bonchev–Trinajstić information content (AvgIpc) is 3.58. The molecule has 0 bridgehead atoms. The molecule has 5 heteroatoms. The van der Waals surface area contributed by atoms with Crippen molar-refractivity contribution in [3.05, 3.63) is 163 Å².